The van der Waals surface area contributed by atoms with Gasteiger partial charge in [0.1, 0.15) is 22.5 Å². The highest BCUT2D eigenvalue weighted by atomic mass is 32.2. The minimum absolute atomic E-state index is 0.262. The van der Waals surface area contributed by atoms with Crippen molar-refractivity contribution >= 4 is 35.3 Å². The summed E-state index contributed by atoms with van der Waals surface area (Å²) < 4.78 is 42.4. The van der Waals surface area contributed by atoms with Gasteiger partial charge in [-0.05, 0) is 34.9 Å². The molecule has 1 heterocycles. The van der Waals surface area contributed by atoms with Gasteiger partial charge >= 0.3 is 0 Å². The lowest BCUT2D eigenvalue weighted by Gasteiger charge is -2.13. The van der Waals surface area contributed by atoms with Gasteiger partial charge in [0.05, 0.1) is 11.1 Å². The number of hydrogen-bond acceptors (Lipinski definition) is 5. The number of halogens is 3. The van der Waals surface area contributed by atoms with Gasteiger partial charge in [-0.1, -0.05) is 66.4 Å². The Balaban J connectivity index is 1.58. The molecular formula is C25H19F3N2S3. The standard InChI is InChI=1S/C25H19F3N2S3/c26-20-10-4-1-7-17(20)14-31-23-13-29-30-25(33-16-19-9-3-6-12-22(19)28)24(23)32-15-18-8-2-5-11-21(18)27/h1-13H,14-16H2. The van der Waals surface area contributed by atoms with Crippen LogP contribution in [0.25, 0.3) is 0 Å². The lowest BCUT2D eigenvalue weighted by molar-refractivity contribution is 0.616. The van der Waals surface area contributed by atoms with Gasteiger partial charge in [-0.15, -0.1) is 28.6 Å². The van der Waals surface area contributed by atoms with E-state index in [-0.39, 0.29) is 17.5 Å². The normalized spacial score (nSPS) is 11.0. The van der Waals surface area contributed by atoms with Crippen LogP contribution in [-0.2, 0) is 17.3 Å². The first kappa shape index (κ1) is 23.7. The minimum Gasteiger partial charge on any atom is -0.207 e. The summed E-state index contributed by atoms with van der Waals surface area (Å²) in [5.74, 6) is 0.399. The van der Waals surface area contributed by atoms with Crippen molar-refractivity contribution in [1.82, 2.24) is 10.2 Å². The average Bonchev–Trinajstić information content (AvgIpc) is 2.83. The van der Waals surface area contributed by atoms with Crippen molar-refractivity contribution in [3.05, 3.63) is 113 Å². The Morgan fingerprint density at radius 2 is 1.03 bits per heavy atom. The second kappa shape index (κ2) is 11.6. The predicted molar refractivity (Wildman–Crippen MR) is 130 cm³/mol. The maximum Gasteiger partial charge on any atom is 0.134 e. The van der Waals surface area contributed by atoms with E-state index in [1.807, 2.05) is 0 Å². The zero-order valence-electron chi connectivity index (χ0n) is 17.4. The van der Waals surface area contributed by atoms with Crippen molar-refractivity contribution < 1.29 is 13.2 Å². The molecule has 3 aromatic carbocycles. The van der Waals surface area contributed by atoms with E-state index < -0.39 is 0 Å². The molecule has 33 heavy (non-hydrogen) atoms. The largest absolute Gasteiger partial charge is 0.207 e. The van der Waals surface area contributed by atoms with Gasteiger partial charge in [0.2, 0.25) is 0 Å². The fraction of sp³-hybridized carbons (Fsp3) is 0.120. The van der Waals surface area contributed by atoms with Gasteiger partial charge in [0.15, 0.2) is 0 Å². The highest BCUT2D eigenvalue weighted by Gasteiger charge is 2.16. The molecule has 0 aliphatic heterocycles. The first-order valence-electron chi connectivity index (χ1n) is 10.1. The Kier molecular flexibility index (Phi) is 8.36. The third kappa shape index (κ3) is 6.34. The lowest BCUT2D eigenvalue weighted by Crippen LogP contribution is -1.96. The van der Waals surface area contributed by atoms with E-state index in [2.05, 4.69) is 10.2 Å². The smallest absolute Gasteiger partial charge is 0.134 e. The zero-order chi connectivity index (χ0) is 23.0. The molecule has 4 rings (SSSR count). The second-order valence-electron chi connectivity index (χ2n) is 6.98. The molecule has 8 heteroatoms. The fourth-order valence-electron chi connectivity index (χ4n) is 2.97. The molecule has 0 N–H and O–H groups in total. The quantitative estimate of drug-likeness (QED) is 0.219. The molecule has 0 saturated carbocycles. The van der Waals surface area contributed by atoms with E-state index >= 15 is 0 Å². The molecule has 0 saturated heterocycles. The SMILES string of the molecule is Fc1ccccc1CSc1cnnc(SCc2ccccc2F)c1SCc1ccccc1F. The summed E-state index contributed by atoms with van der Waals surface area (Å²) in [6, 6.07) is 19.9. The highest BCUT2D eigenvalue weighted by molar-refractivity contribution is 8.03. The molecule has 4 aromatic rings. The summed E-state index contributed by atoms with van der Waals surface area (Å²) in [4.78, 5) is 1.65. The Morgan fingerprint density at radius 3 is 1.55 bits per heavy atom. The molecule has 0 unspecified atom stereocenters. The van der Waals surface area contributed by atoms with E-state index in [1.165, 1.54) is 53.5 Å². The van der Waals surface area contributed by atoms with E-state index in [1.54, 1.807) is 60.8 Å². The van der Waals surface area contributed by atoms with Gasteiger partial charge in [0.25, 0.3) is 0 Å². The topological polar surface area (TPSA) is 25.8 Å². The summed E-state index contributed by atoms with van der Waals surface area (Å²) in [5.41, 5.74) is 1.73. The van der Waals surface area contributed by atoms with Crippen LogP contribution in [0.1, 0.15) is 16.7 Å². The molecular weight excluding hydrogens is 481 g/mol. The summed E-state index contributed by atoms with van der Waals surface area (Å²) in [6.45, 7) is 0. The minimum atomic E-state index is -0.274. The van der Waals surface area contributed by atoms with Gasteiger partial charge < -0.3 is 0 Å². The van der Waals surface area contributed by atoms with Crippen LogP contribution >= 0.6 is 35.3 Å². The summed E-state index contributed by atoms with van der Waals surface area (Å²) >= 11 is 4.27. The number of thioether (sulfide) groups is 3. The van der Waals surface area contributed by atoms with Gasteiger partial charge in [-0.2, -0.15) is 5.10 Å². The van der Waals surface area contributed by atoms with Crippen LogP contribution in [0, 0.1) is 17.5 Å². The van der Waals surface area contributed by atoms with Crippen LogP contribution in [0.4, 0.5) is 13.2 Å². The molecule has 0 amide bonds. The Labute approximate surface area is 203 Å². The fourth-order valence-corrected chi connectivity index (χ4v) is 6.40. The van der Waals surface area contributed by atoms with Crippen molar-refractivity contribution in [2.75, 3.05) is 0 Å². The van der Waals surface area contributed by atoms with E-state index in [0.29, 0.717) is 39.0 Å². The Hall–Kier alpha value is -2.42. The summed E-state index contributed by atoms with van der Waals surface area (Å²) in [7, 11) is 0. The van der Waals surface area contributed by atoms with Crippen LogP contribution in [0.5, 0.6) is 0 Å². The Bertz CT molecular complexity index is 1170. The molecule has 0 radical (unpaired) electrons. The Morgan fingerprint density at radius 1 is 0.576 bits per heavy atom. The lowest BCUT2D eigenvalue weighted by atomic mass is 10.2. The molecule has 0 fully saturated rings. The third-order valence-electron chi connectivity index (χ3n) is 4.73. The van der Waals surface area contributed by atoms with Crippen molar-refractivity contribution in [2.24, 2.45) is 0 Å². The van der Waals surface area contributed by atoms with Crippen molar-refractivity contribution in [3.63, 3.8) is 0 Å². The van der Waals surface area contributed by atoms with Crippen molar-refractivity contribution in [2.45, 2.75) is 32.1 Å². The zero-order valence-corrected chi connectivity index (χ0v) is 19.8. The molecule has 0 atom stereocenters. The number of nitrogens with zero attached hydrogens (tertiary/aromatic N) is 2. The van der Waals surface area contributed by atoms with E-state index in [4.69, 9.17) is 0 Å². The van der Waals surface area contributed by atoms with Crippen LogP contribution < -0.4 is 0 Å². The molecule has 1 aromatic heterocycles. The maximum atomic E-state index is 14.2. The van der Waals surface area contributed by atoms with Crippen LogP contribution in [0.15, 0.2) is 93.8 Å². The molecule has 168 valence electrons. The number of benzene rings is 3. The van der Waals surface area contributed by atoms with Crippen LogP contribution in [-0.4, -0.2) is 10.2 Å². The first-order valence-corrected chi connectivity index (χ1v) is 13.0. The highest BCUT2D eigenvalue weighted by Crippen LogP contribution is 2.40. The summed E-state index contributed by atoms with van der Waals surface area (Å²) in [5, 5.41) is 9.04. The predicted octanol–water partition coefficient (Wildman–Crippen LogP) is 7.77. The van der Waals surface area contributed by atoms with Gasteiger partial charge in [0, 0.05) is 22.2 Å². The number of rotatable bonds is 9. The molecule has 0 aliphatic carbocycles. The van der Waals surface area contributed by atoms with Gasteiger partial charge in [-0.3, -0.25) is 0 Å². The van der Waals surface area contributed by atoms with Crippen molar-refractivity contribution in [3.8, 4) is 0 Å². The maximum absolute atomic E-state index is 14.2. The second-order valence-corrected chi connectivity index (χ2v) is 9.95. The third-order valence-corrected chi connectivity index (χ3v) is 8.24. The molecule has 0 bridgehead atoms. The average molecular weight is 501 g/mol. The first-order chi connectivity index (χ1) is 16.1. The van der Waals surface area contributed by atoms with Crippen LogP contribution in [0.3, 0.4) is 0 Å². The number of aromatic nitrogens is 2. The summed E-state index contributed by atoms with van der Waals surface area (Å²) in [6.07, 6.45) is 1.64. The van der Waals surface area contributed by atoms with E-state index in [0.717, 1.165) is 9.79 Å². The number of hydrogen-bond donors (Lipinski definition) is 0. The van der Waals surface area contributed by atoms with E-state index in [9.17, 15) is 13.2 Å². The van der Waals surface area contributed by atoms with Crippen LogP contribution in [0.2, 0.25) is 0 Å². The molecule has 2 nitrogen and oxygen atoms in total. The van der Waals surface area contributed by atoms with Crippen molar-refractivity contribution in [1.29, 1.82) is 0 Å². The van der Waals surface area contributed by atoms with Gasteiger partial charge in [-0.25, -0.2) is 13.2 Å². The monoisotopic (exact) mass is 500 g/mol. The molecule has 0 spiro atoms. The molecule has 0 aliphatic rings.